The monoisotopic (exact) mass is 218 g/mol. The van der Waals surface area contributed by atoms with Crippen molar-refractivity contribution in [1.29, 1.82) is 0 Å². The molecule has 0 radical (unpaired) electrons. The van der Waals surface area contributed by atoms with E-state index in [-0.39, 0.29) is 0 Å². The highest BCUT2D eigenvalue weighted by Crippen LogP contribution is 2.47. The second-order valence-corrected chi connectivity index (χ2v) is 9.18. The van der Waals surface area contributed by atoms with Crippen molar-refractivity contribution >= 4 is 51.1 Å². The molecule has 0 unspecified atom stereocenters. The molecule has 56 valence electrons. The van der Waals surface area contributed by atoms with Gasteiger partial charge in [-0.3, -0.25) is 0 Å². The Morgan fingerprint density at radius 2 is 1.89 bits per heavy atom. The summed E-state index contributed by atoms with van der Waals surface area (Å²) in [5.74, 6) is 1.27. The first kappa shape index (κ1) is 10.8. The Labute approximate surface area is 76.0 Å². The summed E-state index contributed by atoms with van der Waals surface area (Å²) in [6.45, 7) is 2.21. The van der Waals surface area contributed by atoms with Gasteiger partial charge in [-0.2, -0.15) is 0 Å². The maximum Gasteiger partial charge on any atom is 0.00428 e. The van der Waals surface area contributed by atoms with Gasteiger partial charge in [-0.1, -0.05) is 28.5 Å². The lowest BCUT2D eigenvalue weighted by molar-refractivity contribution is 1.11. The largest absolute Gasteiger partial charge is 0.0851 e. The van der Waals surface area contributed by atoms with Crippen LogP contribution in [0.25, 0.3) is 0 Å². The molecule has 0 aliphatic carbocycles. The third-order valence-corrected chi connectivity index (χ3v) is 9.00. The first-order valence-electron chi connectivity index (χ1n) is 2.57. The van der Waals surface area contributed by atoms with E-state index in [9.17, 15) is 0 Å². The summed E-state index contributed by atoms with van der Waals surface area (Å²) in [5.41, 5.74) is 0. The average Bonchev–Trinajstić information content (AvgIpc) is 1.89. The Morgan fingerprint density at radius 1 is 1.11 bits per heavy atom. The van der Waals surface area contributed by atoms with E-state index in [1.807, 2.05) is 40.3 Å². The maximum atomic E-state index is 2.21. The van der Waals surface area contributed by atoms with E-state index < -0.39 is 0 Å². The van der Waals surface area contributed by atoms with E-state index in [0.717, 1.165) is 0 Å². The molecule has 0 atom stereocenters. The van der Waals surface area contributed by atoms with Crippen molar-refractivity contribution in [3.63, 3.8) is 0 Å². The lowest BCUT2D eigenvalue weighted by Gasteiger charge is -1.93. The van der Waals surface area contributed by atoms with Gasteiger partial charge < -0.3 is 0 Å². The first-order chi connectivity index (χ1) is 4.41. The Morgan fingerprint density at radius 3 is 2.44 bits per heavy atom. The molecule has 0 bridgehead atoms. The van der Waals surface area contributed by atoms with Crippen molar-refractivity contribution in [3.8, 4) is 0 Å². The molecule has 0 aromatic rings. The van der Waals surface area contributed by atoms with E-state index >= 15 is 0 Å². The smallest absolute Gasteiger partial charge is 0.00428 e. The van der Waals surface area contributed by atoms with Crippen LogP contribution in [-0.2, 0) is 0 Å². The molecule has 0 aliphatic heterocycles. The van der Waals surface area contributed by atoms with Crippen molar-refractivity contribution in [3.05, 3.63) is 0 Å². The van der Waals surface area contributed by atoms with Crippen molar-refractivity contribution in [1.82, 2.24) is 0 Å². The molecule has 0 saturated carbocycles. The molecule has 9 heavy (non-hydrogen) atoms. The van der Waals surface area contributed by atoms with Crippen LogP contribution in [0.1, 0.15) is 13.3 Å². The van der Waals surface area contributed by atoms with E-state index in [1.54, 1.807) is 10.8 Å². The zero-order valence-corrected chi connectivity index (χ0v) is 9.54. The van der Waals surface area contributed by atoms with Crippen LogP contribution in [0.4, 0.5) is 0 Å². The molecular formula is C4H10S5. The van der Waals surface area contributed by atoms with Crippen LogP contribution >= 0.6 is 51.1 Å². The van der Waals surface area contributed by atoms with Gasteiger partial charge in [0.2, 0.25) is 0 Å². The summed E-state index contributed by atoms with van der Waals surface area (Å²) in [7, 11) is 9.31. The fourth-order valence-electron chi connectivity index (χ4n) is 0.176. The summed E-state index contributed by atoms with van der Waals surface area (Å²) in [6.07, 6.45) is 3.38. The Kier molecular flexibility index (Phi) is 11.6. The molecule has 0 heterocycles. The minimum Gasteiger partial charge on any atom is -0.0851 e. The van der Waals surface area contributed by atoms with Gasteiger partial charge in [0.05, 0.1) is 0 Å². The van der Waals surface area contributed by atoms with Gasteiger partial charge >= 0.3 is 0 Å². The topological polar surface area (TPSA) is 0 Å². The third kappa shape index (κ3) is 9.75. The number of rotatable bonds is 6. The summed E-state index contributed by atoms with van der Waals surface area (Å²) >= 11 is 0. The van der Waals surface area contributed by atoms with Gasteiger partial charge in [0.25, 0.3) is 0 Å². The van der Waals surface area contributed by atoms with E-state index in [1.165, 1.54) is 12.2 Å². The van der Waals surface area contributed by atoms with Gasteiger partial charge in [-0.05, 0) is 42.2 Å². The highest BCUT2D eigenvalue weighted by atomic mass is 33.8. The van der Waals surface area contributed by atoms with Gasteiger partial charge in [-0.25, -0.2) is 0 Å². The second-order valence-electron chi connectivity index (χ2n) is 1.19. The molecule has 0 aromatic heterocycles. The number of hydrogen-bond acceptors (Lipinski definition) is 5. The molecule has 0 fully saturated rings. The van der Waals surface area contributed by atoms with Crippen LogP contribution in [0.5, 0.6) is 0 Å². The molecule has 0 saturated heterocycles. The fraction of sp³-hybridized carbons (Fsp3) is 1.00. The molecule has 0 nitrogen and oxygen atoms in total. The van der Waals surface area contributed by atoms with Crippen molar-refractivity contribution in [2.24, 2.45) is 0 Å². The molecule has 0 spiro atoms. The van der Waals surface area contributed by atoms with Gasteiger partial charge in [0.15, 0.2) is 0 Å². The molecule has 0 rings (SSSR count). The lowest BCUT2D eigenvalue weighted by Crippen LogP contribution is -1.63. The zero-order valence-electron chi connectivity index (χ0n) is 5.46. The molecule has 5 heteroatoms. The normalized spacial score (nSPS) is 10.0. The van der Waals surface area contributed by atoms with Gasteiger partial charge in [0, 0.05) is 5.75 Å². The maximum absolute atomic E-state index is 2.21. The van der Waals surface area contributed by atoms with Crippen LogP contribution in [0.2, 0.25) is 0 Å². The highest BCUT2D eigenvalue weighted by molar-refractivity contribution is 9.35. The molecule has 0 N–H and O–H groups in total. The minimum atomic E-state index is 1.27. The summed E-state index contributed by atoms with van der Waals surface area (Å²) in [5, 5.41) is 0. The Hall–Kier alpha value is 1.75. The predicted octanol–water partition coefficient (Wildman–Crippen LogP) is 4.35. The molecule has 0 aromatic carbocycles. The summed E-state index contributed by atoms with van der Waals surface area (Å²) in [6, 6.07) is 0. The van der Waals surface area contributed by atoms with E-state index in [4.69, 9.17) is 0 Å². The average molecular weight is 218 g/mol. The lowest BCUT2D eigenvalue weighted by atomic mass is 10.6. The van der Waals surface area contributed by atoms with Crippen LogP contribution in [0.3, 0.4) is 0 Å². The minimum absolute atomic E-state index is 1.27. The van der Waals surface area contributed by atoms with Crippen LogP contribution in [0, 0.1) is 0 Å². The van der Waals surface area contributed by atoms with E-state index in [0.29, 0.717) is 0 Å². The van der Waals surface area contributed by atoms with Gasteiger partial charge in [0.1, 0.15) is 0 Å². The van der Waals surface area contributed by atoms with Crippen molar-refractivity contribution in [2.45, 2.75) is 13.3 Å². The Balaban J connectivity index is 2.60. The molecule has 0 amide bonds. The van der Waals surface area contributed by atoms with Gasteiger partial charge in [-0.15, -0.1) is 0 Å². The van der Waals surface area contributed by atoms with E-state index in [2.05, 4.69) is 13.2 Å². The first-order valence-corrected chi connectivity index (χ1v) is 9.30. The van der Waals surface area contributed by atoms with Crippen molar-refractivity contribution in [2.75, 3.05) is 12.0 Å². The SMILES string of the molecule is CCCSSSSSC. The van der Waals surface area contributed by atoms with Crippen molar-refractivity contribution < 1.29 is 0 Å². The van der Waals surface area contributed by atoms with Crippen LogP contribution in [-0.4, -0.2) is 12.0 Å². The summed E-state index contributed by atoms with van der Waals surface area (Å²) in [4.78, 5) is 0. The summed E-state index contributed by atoms with van der Waals surface area (Å²) < 4.78 is 0. The Bertz CT molecular complexity index is 42.2. The quantitative estimate of drug-likeness (QED) is 0.478. The highest BCUT2D eigenvalue weighted by Gasteiger charge is 1.88. The second kappa shape index (κ2) is 9.75. The zero-order chi connectivity index (χ0) is 6.95. The van der Waals surface area contributed by atoms with Crippen LogP contribution < -0.4 is 0 Å². The number of hydrogen-bond donors (Lipinski definition) is 0. The molecular weight excluding hydrogens is 208 g/mol. The van der Waals surface area contributed by atoms with Crippen LogP contribution in [0.15, 0.2) is 0 Å². The predicted molar refractivity (Wildman–Crippen MR) is 59.0 cm³/mol. The fourth-order valence-corrected chi connectivity index (χ4v) is 8.27. The standard InChI is InChI=1S/C4H10S5/c1-3-4-6-8-9-7-5-2/h3-4H2,1-2H3. The molecule has 0 aliphatic rings. The third-order valence-electron chi connectivity index (χ3n) is 0.459.